The smallest absolute Gasteiger partial charge is 0.228 e. The molecule has 2 aromatic heterocycles. The van der Waals surface area contributed by atoms with E-state index in [2.05, 4.69) is 4.98 Å². The number of nitrogens with two attached hydrogens (primary N) is 1. The number of carbonyl (C=O) groups is 1. The maximum atomic E-state index is 11.9. The van der Waals surface area contributed by atoms with Crippen molar-refractivity contribution in [2.45, 2.75) is 19.9 Å². The van der Waals surface area contributed by atoms with Gasteiger partial charge in [-0.1, -0.05) is 0 Å². The van der Waals surface area contributed by atoms with Gasteiger partial charge in [0.1, 0.15) is 11.5 Å². The zero-order valence-corrected chi connectivity index (χ0v) is 11.2. The largest absolute Gasteiger partial charge is 0.464 e. The highest BCUT2D eigenvalue weighted by atomic mass is 32.1. The molecule has 0 aromatic carbocycles. The quantitative estimate of drug-likeness (QED) is 0.915. The van der Waals surface area contributed by atoms with Crippen molar-refractivity contribution in [3.8, 4) is 0 Å². The summed E-state index contributed by atoms with van der Waals surface area (Å²) in [5.74, 6) is 1.62. The third-order valence-corrected chi connectivity index (χ3v) is 3.24. The molecule has 0 unspecified atom stereocenters. The molecular weight excluding hydrogens is 250 g/mol. The van der Waals surface area contributed by atoms with Crippen molar-refractivity contribution >= 4 is 22.4 Å². The van der Waals surface area contributed by atoms with Gasteiger partial charge < -0.3 is 15.1 Å². The number of likely N-dealkylation sites (N-methyl/N-ethyl adjacent to an activating group) is 1. The van der Waals surface area contributed by atoms with Crippen LogP contribution in [-0.2, 0) is 17.8 Å². The second-order valence-corrected chi connectivity index (χ2v) is 5.01. The zero-order valence-electron chi connectivity index (χ0n) is 10.3. The molecule has 2 rings (SSSR count). The standard InChI is InChI=1S/C12H15N3O2S/c1-8-3-4-10(17-8)6-15(2)11(16)5-9-7-18-12(13)14-9/h3-4,7H,5-6H2,1-2H3,(H2,13,14). The van der Waals surface area contributed by atoms with Crippen LogP contribution in [0.4, 0.5) is 5.13 Å². The van der Waals surface area contributed by atoms with Gasteiger partial charge in [-0.25, -0.2) is 4.98 Å². The van der Waals surface area contributed by atoms with Crippen molar-refractivity contribution < 1.29 is 9.21 Å². The Morgan fingerprint density at radius 1 is 1.56 bits per heavy atom. The number of rotatable bonds is 4. The first-order valence-electron chi connectivity index (χ1n) is 5.54. The first-order chi connectivity index (χ1) is 8.54. The zero-order chi connectivity index (χ0) is 13.1. The summed E-state index contributed by atoms with van der Waals surface area (Å²) in [6.07, 6.45) is 0.268. The van der Waals surface area contributed by atoms with Gasteiger partial charge in [0.25, 0.3) is 0 Å². The highest BCUT2D eigenvalue weighted by Gasteiger charge is 2.13. The van der Waals surface area contributed by atoms with Crippen LogP contribution in [0.15, 0.2) is 21.9 Å². The molecular formula is C12H15N3O2S. The molecule has 0 aliphatic carbocycles. The molecule has 96 valence electrons. The minimum Gasteiger partial charge on any atom is -0.464 e. The first-order valence-corrected chi connectivity index (χ1v) is 6.41. The molecule has 5 nitrogen and oxygen atoms in total. The number of nitrogens with zero attached hydrogens (tertiary/aromatic N) is 2. The highest BCUT2D eigenvalue weighted by molar-refractivity contribution is 7.13. The normalized spacial score (nSPS) is 10.6. The Bertz CT molecular complexity index is 547. The Labute approximate surface area is 109 Å². The third-order valence-electron chi connectivity index (χ3n) is 2.52. The van der Waals surface area contributed by atoms with E-state index in [0.717, 1.165) is 11.5 Å². The second kappa shape index (κ2) is 5.22. The Morgan fingerprint density at radius 2 is 2.33 bits per heavy atom. The maximum absolute atomic E-state index is 11.9. The van der Waals surface area contributed by atoms with Crippen LogP contribution < -0.4 is 5.73 Å². The van der Waals surface area contributed by atoms with E-state index in [4.69, 9.17) is 10.2 Å². The lowest BCUT2D eigenvalue weighted by molar-refractivity contribution is -0.129. The Kier molecular flexibility index (Phi) is 3.66. The number of hydrogen-bond acceptors (Lipinski definition) is 5. The lowest BCUT2D eigenvalue weighted by Gasteiger charge is -2.14. The van der Waals surface area contributed by atoms with Crippen molar-refractivity contribution in [3.05, 3.63) is 34.7 Å². The second-order valence-electron chi connectivity index (χ2n) is 4.12. The number of thiazole rings is 1. The summed E-state index contributed by atoms with van der Waals surface area (Å²) in [5, 5.41) is 2.29. The van der Waals surface area contributed by atoms with E-state index >= 15 is 0 Å². The molecule has 18 heavy (non-hydrogen) atoms. The summed E-state index contributed by atoms with van der Waals surface area (Å²) in [6.45, 7) is 2.34. The van der Waals surface area contributed by atoms with Gasteiger partial charge >= 0.3 is 0 Å². The number of amides is 1. The van der Waals surface area contributed by atoms with Crippen molar-refractivity contribution in [3.63, 3.8) is 0 Å². The molecule has 0 aliphatic rings. The van der Waals surface area contributed by atoms with Gasteiger partial charge in [0, 0.05) is 12.4 Å². The van der Waals surface area contributed by atoms with E-state index < -0.39 is 0 Å². The van der Waals surface area contributed by atoms with Crippen molar-refractivity contribution in [2.75, 3.05) is 12.8 Å². The molecule has 2 heterocycles. The van der Waals surface area contributed by atoms with Crippen LogP contribution in [0.5, 0.6) is 0 Å². The lowest BCUT2D eigenvalue weighted by Crippen LogP contribution is -2.27. The van der Waals surface area contributed by atoms with E-state index in [9.17, 15) is 4.79 Å². The van der Waals surface area contributed by atoms with Crippen LogP contribution in [0.25, 0.3) is 0 Å². The lowest BCUT2D eigenvalue weighted by atomic mass is 10.3. The molecule has 0 aliphatic heterocycles. The van der Waals surface area contributed by atoms with Crippen LogP contribution in [0.2, 0.25) is 0 Å². The molecule has 0 radical (unpaired) electrons. The molecule has 2 N–H and O–H groups in total. The SMILES string of the molecule is Cc1ccc(CN(C)C(=O)Cc2csc(N)n2)o1. The minimum absolute atomic E-state index is 0.00523. The fourth-order valence-electron chi connectivity index (χ4n) is 1.59. The van der Waals surface area contributed by atoms with Crippen molar-refractivity contribution in [2.24, 2.45) is 0 Å². The molecule has 2 aromatic rings. The van der Waals surface area contributed by atoms with Gasteiger partial charge in [-0.15, -0.1) is 11.3 Å². The fraction of sp³-hybridized carbons (Fsp3) is 0.333. The van der Waals surface area contributed by atoms with E-state index in [-0.39, 0.29) is 12.3 Å². The summed E-state index contributed by atoms with van der Waals surface area (Å²) >= 11 is 1.34. The number of aromatic nitrogens is 1. The fourth-order valence-corrected chi connectivity index (χ4v) is 2.15. The van der Waals surface area contributed by atoms with Crippen LogP contribution in [0.1, 0.15) is 17.2 Å². The highest BCUT2D eigenvalue weighted by Crippen LogP contribution is 2.13. The van der Waals surface area contributed by atoms with Crippen molar-refractivity contribution in [1.29, 1.82) is 0 Å². The predicted molar refractivity (Wildman–Crippen MR) is 70.1 cm³/mol. The van der Waals surface area contributed by atoms with Gasteiger partial charge in [0.15, 0.2) is 5.13 Å². The number of anilines is 1. The van der Waals surface area contributed by atoms with E-state index in [1.807, 2.05) is 19.1 Å². The van der Waals surface area contributed by atoms with Gasteiger partial charge in [-0.3, -0.25) is 4.79 Å². The number of aryl methyl sites for hydroxylation is 1. The van der Waals surface area contributed by atoms with E-state index in [1.54, 1.807) is 17.3 Å². The average molecular weight is 265 g/mol. The van der Waals surface area contributed by atoms with Crippen LogP contribution in [0, 0.1) is 6.92 Å². The van der Waals surface area contributed by atoms with Crippen LogP contribution in [0.3, 0.4) is 0 Å². The molecule has 0 atom stereocenters. The van der Waals surface area contributed by atoms with Gasteiger partial charge in [-0.2, -0.15) is 0 Å². The first kappa shape index (κ1) is 12.6. The summed E-state index contributed by atoms with van der Waals surface area (Å²) in [4.78, 5) is 17.6. The average Bonchev–Trinajstić information content (AvgIpc) is 2.88. The van der Waals surface area contributed by atoms with E-state index in [0.29, 0.717) is 17.4 Å². The number of nitrogen functional groups attached to an aromatic ring is 1. The number of carbonyl (C=O) groups excluding carboxylic acids is 1. The molecule has 0 spiro atoms. The van der Waals surface area contributed by atoms with Gasteiger partial charge in [0.05, 0.1) is 18.7 Å². The third kappa shape index (κ3) is 3.10. The summed E-state index contributed by atoms with van der Waals surface area (Å²) in [6, 6.07) is 3.76. The maximum Gasteiger partial charge on any atom is 0.228 e. The molecule has 1 amide bonds. The Balaban J connectivity index is 1.92. The predicted octanol–water partition coefficient (Wildman–Crippen LogP) is 1.83. The molecule has 0 bridgehead atoms. The van der Waals surface area contributed by atoms with Gasteiger partial charge in [-0.05, 0) is 19.1 Å². The minimum atomic E-state index is -0.00523. The van der Waals surface area contributed by atoms with E-state index in [1.165, 1.54) is 11.3 Å². The van der Waals surface area contributed by atoms with Crippen molar-refractivity contribution in [1.82, 2.24) is 9.88 Å². The topological polar surface area (TPSA) is 72.4 Å². The van der Waals surface area contributed by atoms with Crippen LogP contribution in [-0.4, -0.2) is 22.8 Å². The summed E-state index contributed by atoms with van der Waals surface area (Å²) < 4.78 is 5.43. The number of hydrogen-bond donors (Lipinski definition) is 1. The summed E-state index contributed by atoms with van der Waals surface area (Å²) in [7, 11) is 1.75. The number of furan rings is 1. The molecule has 0 fully saturated rings. The summed E-state index contributed by atoms with van der Waals surface area (Å²) in [5.41, 5.74) is 6.24. The molecule has 0 saturated carbocycles. The molecule has 0 saturated heterocycles. The monoisotopic (exact) mass is 265 g/mol. The Morgan fingerprint density at radius 3 is 2.89 bits per heavy atom. The van der Waals surface area contributed by atoms with Crippen LogP contribution >= 0.6 is 11.3 Å². The van der Waals surface area contributed by atoms with Gasteiger partial charge in [0.2, 0.25) is 5.91 Å². The Hall–Kier alpha value is -1.82. The molecule has 6 heteroatoms.